The molecule has 2 nitrogen and oxygen atoms in total. The Morgan fingerprint density at radius 2 is 2.05 bits per heavy atom. The molecule has 0 aromatic heterocycles. The molecule has 0 aliphatic heterocycles. The number of nitrogens with zero attached hydrogens (tertiary/aromatic N) is 1. The van der Waals surface area contributed by atoms with Crippen molar-refractivity contribution in [3.8, 4) is 11.8 Å². The van der Waals surface area contributed by atoms with E-state index in [-0.39, 0.29) is 11.2 Å². The molecule has 0 radical (unpaired) electrons. The summed E-state index contributed by atoms with van der Waals surface area (Å²) in [6.45, 7) is 12.7. The molecule has 0 heterocycles. The van der Waals surface area contributed by atoms with E-state index in [4.69, 9.17) is 0 Å². The van der Waals surface area contributed by atoms with E-state index in [1.165, 1.54) is 5.56 Å². The largest absolute Gasteiger partial charge is 0.296 e. The van der Waals surface area contributed by atoms with Crippen molar-refractivity contribution >= 4 is 5.78 Å². The Balaban J connectivity index is 2.62. The highest BCUT2D eigenvalue weighted by molar-refractivity contribution is 5.94. The number of carbonyl (C=O) groups excluding carboxylic acids is 1. The molecule has 118 valence electrons. The quantitative estimate of drug-likeness (QED) is 0.576. The van der Waals surface area contributed by atoms with Crippen LogP contribution in [0.15, 0.2) is 36.4 Å². The molecular weight excluding hydrogens is 270 g/mol. The molecule has 0 N–H and O–H groups in total. The number of Topliss-reactive ketones (excluding diaryl/α,β-unsaturated/α-hetero) is 1. The van der Waals surface area contributed by atoms with Gasteiger partial charge in [-0.25, -0.2) is 0 Å². The zero-order chi connectivity index (χ0) is 16.6. The maximum Gasteiger partial charge on any atom is 0.159 e. The maximum atomic E-state index is 11.4. The van der Waals surface area contributed by atoms with Crippen LogP contribution in [0.4, 0.5) is 0 Å². The molecule has 0 atom stereocenters. The summed E-state index contributed by atoms with van der Waals surface area (Å²) in [6.07, 6.45) is 4.02. The third-order valence-electron chi connectivity index (χ3n) is 3.20. The lowest BCUT2D eigenvalue weighted by Crippen LogP contribution is -2.22. The predicted molar refractivity (Wildman–Crippen MR) is 93.8 cm³/mol. The van der Waals surface area contributed by atoms with Gasteiger partial charge in [-0.1, -0.05) is 43.0 Å². The van der Waals surface area contributed by atoms with E-state index >= 15 is 0 Å². The summed E-state index contributed by atoms with van der Waals surface area (Å²) >= 11 is 0. The number of hydrogen-bond donors (Lipinski definition) is 0. The van der Waals surface area contributed by atoms with Gasteiger partial charge < -0.3 is 0 Å². The molecule has 0 unspecified atom stereocenters. The molecule has 0 aliphatic rings. The van der Waals surface area contributed by atoms with Gasteiger partial charge in [0.2, 0.25) is 0 Å². The predicted octanol–water partition coefficient (Wildman–Crippen LogP) is 4.32. The Kier molecular flexibility index (Phi) is 7.08. The van der Waals surface area contributed by atoms with Crippen LogP contribution in [0.25, 0.3) is 0 Å². The van der Waals surface area contributed by atoms with Gasteiger partial charge in [-0.15, -0.1) is 0 Å². The van der Waals surface area contributed by atoms with E-state index in [9.17, 15) is 4.79 Å². The molecule has 2 heteroatoms. The molecular formula is C20H27NO. The SMILES string of the molecule is CCN(CC=CC#CC(C)(C)C)Cc1cccc(C(C)=O)c1. The van der Waals surface area contributed by atoms with Crippen molar-refractivity contribution in [2.45, 2.75) is 41.2 Å². The molecule has 1 aromatic rings. The van der Waals surface area contributed by atoms with Crippen molar-refractivity contribution < 1.29 is 4.79 Å². The molecule has 1 aromatic carbocycles. The smallest absolute Gasteiger partial charge is 0.159 e. The van der Waals surface area contributed by atoms with Crippen LogP contribution in [0.3, 0.4) is 0 Å². The highest BCUT2D eigenvalue weighted by Crippen LogP contribution is 2.10. The average molecular weight is 297 g/mol. The van der Waals surface area contributed by atoms with E-state index in [2.05, 4.69) is 56.6 Å². The number of rotatable bonds is 6. The lowest BCUT2D eigenvalue weighted by molar-refractivity contribution is 0.101. The Labute approximate surface area is 135 Å². The second-order valence-corrected chi connectivity index (χ2v) is 6.51. The first-order chi connectivity index (χ1) is 10.3. The summed E-state index contributed by atoms with van der Waals surface area (Å²) in [5.41, 5.74) is 1.99. The third-order valence-corrected chi connectivity index (χ3v) is 3.20. The van der Waals surface area contributed by atoms with E-state index in [1.807, 2.05) is 24.3 Å². The van der Waals surface area contributed by atoms with Crippen molar-refractivity contribution in [3.05, 3.63) is 47.5 Å². The molecule has 0 saturated carbocycles. The van der Waals surface area contributed by atoms with Gasteiger partial charge >= 0.3 is 0 Å². The Morgan fingerprint density at radius 3 is 2.64 bits per heavy atom. The Morgan fingerprint density at radius 1 is 1.32 bits per heavy atom. The summed E-state index contributed by atoms with van der Waals surface area (Å²) in [5.74, 6) is 6.39. The topological polar surface area (TPSA) is 20.3 Å². The highest BCUT2D eigenvalue weighted by atomic mass is 16.1. The summed E-state index contributed by atoms with van der Waals surface area (Å²) in [5, 5.41) is 0. The van der Waals surface area contributed by atoms with Crippen LogP contribution in [0.5, 0.6) is 0 Å². The van der Waals surface area contributed by atoms with E-state index in [0.717, 1.165) is 25.2 Å². The molecule has 22 heavy (non-hydrogen) atoms. The number of likely N-dealkylation sites (N-methyl/N-ethyl adjacent to an activating group) is 1. The second kappa shape index (κ2) is 8.56. The van der Waals surface area contributed by atoms with Crippen LogP contribution in [-0.2, 0) is 6.54 Å². The zero-order valence-corrected chi connectivity index (χ0v) is 14.4. The second-order valence-electron chi connectivity index (χ2n) is 6.51. The number of benzene rings is 1. The van der Waals surface area contributed by atoms with Crippen molar-refractivity contribution in [3.63, 3.8) is 0 Å². The van der Waals surface area contributed by atoms with Crippen LogP contribution < -0.4 is 0 Å². The molecule has 0 fully saturated rings. The van der Waals surface area contributed by atoms with Gasteiger partial charge in [0.05, 0.1) is 0 Å². The molecule has 0 amide bonds. The minimum absolute atomic E-state index is 0.0436. The number of carbonyl (C=O) groups is 1. The lowest BCUT2D eigenvalue weighted by Gasteiger charge is -2.18. The van der Waals surface area contributed by atoms with Gasteiger partial charge in [0.25, 0.3) is 0 Å². The lowest BCUT2D eigenvalue weighted by atomic mass is 9.98. The first-order valence-electron chi connectivity index (χ1n) is 7.82. The number of hydrogen-bond acceptors (Lipinski definition) is 2. The first kappa shape index (κ1) is 18.2. The summed E-state index contributed by atoms with van der Waals surface area (Å²) in [7, 11) is 0. The highest BCUT2D eigenvalue weighted by Gasteiger charge is 2.05. The van der Waals surface area contributed by atoms with Crippen molar-refractivity contribution in [2.24, 2.45) is 5.41 Å². The molecule has 0 spiro atoms. The van der Waals surface area contributed by atoms with Gasteiger partial charge in [-0.05, 0) is 51.9 Å². The van der Waals surface area contributed by atoms with Gasteiger partial charge in [0.15, 0.2) is 5.78 Å². The molecule has 0 saturated heterocycles. The molecule has 1 rings (SSSR count). The molecule has 0 aliphatic carbocycles. The molecule has 0 bridgehead atoms. The van der Waals surface area contributed by atoms with E-state index < -0.39 is 0 Å². The minimum Gasteiger partial charge on any atom is -0.296 e. The average Bonchev–Trinajstić information content (AvgIpc) is 2.44. The van der Waals surface area contributed by atoms with Crippen LogP contribution >= 0.6 is 0 Å². The number of allylic oxidation sites excluding steroid dienone is 1. The normalized spacial score (nSPS) is 11.5. The Hall–Kier alpha value is -1.85. The fourth-order valence-electron chi connectivity index (χ4n) is 1.97. The van der Waals surface area contributed by atoms with Crippen molar-refractivity contribution in [2.75, 3.05) is 13.1 Å². The van der Waals surface area contributed by atoms with Crippen molar-refractivity contribution in [1.82, 2.24) is 4.90 Å². The monoisotopic (exact) mass is 297 g/mol. The van der Waals surface area contributed by atoms with Gasteiger partial charge in [-0.3, -0.25) is 9.69 Å². The van der Waals surface area contributed by atoms with Crippen molar-refractivity contribution in [1.29, 1.82) is 0 Å². The standard InChI is InChI=1S/C20H27NO/c1-6-21(14-9-7-8-13-20(3,4)5)16-18-11-10-12-19(15-18)17(2)22/h7,9-12,15H,6,14,16H2,1-5H3. The van der Waals surface area contributed by atoms with E-state index in [1.54, 1.807) is 6.92 Å². The van der Waals surface area contributed by atoms with Gasteiger partial charge in [0.1, 0.15) is 0 Å². The van der Waals surface area contributed by atoms with E-state index in [0.29, 0.717) is 0 Å². The minimum atomic E-state index is 0.0436. The summed E-state index contributed by atoms with van der Waals surface area (Å²) in [6, 6.07) is 7.86. The van der Waals surface area contributed by atoms with Crippen LogP contribution in [0, 0.1) is 17.3 Å². The fourth-order valence-corrected chi connectivity index (χ4v) is 1.97. The van der Waals surface area contributed by atoms with Crippen LogP contribution in [0.1, 0.15) is 50.5 Å². The fraction of sp³-hybridized carbons (Fsp3) is 0.450. The summed E-state index contributed by atoms with van der Waals surface area (Å²) < 4.78 is 0. The number of ketones is 1. The summed E-state index contributed by atoms with van der Waals surface area (Å²) in [4.78, 5) is 13.8. The van der Waals surface area contributed by atoms with Crippen LogP contribution in [0.2, 0.25) is 0 Å². The van der Waals surface area contributed by atoms with Gasteiger partial charge in [0, 0.05) is 24.1 Å². The maximum absolute atomic E-state index is 11.4. The third kappa shape index (κ3) is 7.24. The van der Waals surface area contributed by atoms with Crippen LogP contribution in [-0.4, -0.2) is 23.8 Å². The Bertz CT molecular complexity index is 582. The van der Waals surface area contributed by atoms with Gasteiger partial charge in [-0.2, -0.15) is 0 Å². The zero-order valence-electron chi connectivity index (χ0n) is 14.4. The first-order valence-corrected chi connectivity index (χ1v) is 7.82.